The molecule has 1 aromatic heterocycles. The molecular formula is C17H14FN3O3. The summed E-state index contributed by atoms with van der Waals surface area (Å²) in [5, 5.41) is 6.42. The Morgan fingerprint density at radius 3 is 2.62 bits per heavy atom. The van der Waals surface area contributed by atoms with Gasteiger partial charge in [-0.25, -0.2) is 4.39 Å². The number of hydrogen-bond acceptors (Lipinski definition) is 5. The summed E-state index contributed by atoms with van der Waals surface area (Å²) in [6, 6.07) is 14.8. The first-order chi connectivity index (χ1) is 11.7. The van der Waals surface area contributed by atoms with E-state index in [0.29, 0.717) is 17.1 Å². The SMILES string of the molecule is O=C(COc1ccccc1)NCc1nc(-c2ccc(F)cc2)no1. The van der Waals surface area contributed by atoms with Gasteiger partial charge in [-0.05, 0) is 36.4 Å². The van der Waals surface area contributed by atoms with Crippen LogP contribution < -0.4 is 10.1 Å². The second kappa shape index (κ2) is 7.36. The highest BCUT2D eigenvalue weighted by Gasteiger charge is 2.10. The van der Waals surface area contributed by atoms with Gasteiger partial charge in [-0.2, -0.15) is 4.98 Å². The molecule has 2 aromatic carbocycles. The van der Waals surface area contributed by atoms with Crippen molar-refractivity contribution >= 4 is 5.91 Å². The Morgan fingerprint density at radius 1 is 1.12 bits per heavy atom. The Labute approximate surface area is 137 Å². The van der Waals surface area contributed by atoms with Crippen LogP contribution in [-0.4, -0.2) is 22.7 Å². The lowest BCUT2D eigenvalue weighted by atomic mass is 10.2. The van der Waals surface area contributed by atoms with Gasteiger partial charge in [0.1, 0.15) is 11.6 Å². The fraction of sp³-hybridized carbons (Fsp3) is 0.118. The summed E-state index contributed by atoms with van der Waals surface area (Å²) >= 11 is 0. The maximum atomic E-state index is 12.9. The predicted molar refractivity (Wildman–Crippen MR) is 83.5 cm³/mol. The standard InChI is InChI=1S/C17H14FN3O3/c18-13-8-6-12(7-9-13)17-20-16(24-21-17)10-19-15(22)11-23-14-4-2-1-3-5-14/h1-9H,10-11H2,(H,19,22). The largest absolute Gasteiger partial charge is 0.484 e. The zero-order valence-electron chi connectivity index (χ0n) is 12.6. The number of ether oxygens (including phenoxy) is 1. The van der Waals surface area contributed by atoms with E-state index in [1.165, 1.54) is 12.1 Å². The molecule has 0 aliphatic carbocycles. The van der Waals surface area contributed by atoms with Crippen molar-refractivity contribution in [2.75, 3.05) is 6.61 Å². The van der Waals surface area contributed by atoms with Gasteiger partial charge in [-0.15, -0.1) is 0 Å². The van der Waals surface area contributed by atoms with E-state index in [9.17, 15) is 9.18 Å². The first-order valence-electron chi connectivity index (χ1n) is 7.24. The van der Waals surface area contributed by atoms with Crippen LogP contribution in [0.1, 0.15) is 5.89 Å². The topological polar surface area (TPSA) is 77.2 Å². The number of hydrogen-bond donors (Lipinski definition) is 1. The summed E-state index contributed by atoms with van der Waals surface area (Å²) in [6.45, 7) is -0.0197. The van der Waals surface area contributed by atoms with Gasteiger partial charge in [-0.1, -0.05) is 23.4 Å². The summed E-state index contributed by atoms with van der Waals surface area (Å²) in [5.41, 5.74) is 0.630. The number of rotatable bonds is 6. The molecule has 3 aromatic rings. The van der Waals surface area contributed by atoms with Gasteiger partial charge < -0.3 is 14.6 Å². The van der Waals surface area contributed by atoms with Gasteiger partial charge in [0.25, 0.3) is 5.91 Å². The third-order valence-corrected chi connectivity index (χ3v) is 3.12. The van der Waals surface area contributed by atoms with Crippen molar-refractivity contribution in [3.8, 4) is 17.1 Å². The number of carbonyl (C=O) groups is 1. The second-order valence-electron chi connectivity index (χ2n) is 4.90. The van der Waals surface area contributed by atoms with E-state index >= 15 is 0 Å². The van der Waals surface area contributed by atoms with Crippen molar-refractivity contribution in [1.82, 2.24) is 15.5 Å². The minimum atomic E-state index is -0.340. The molecule has 0 radical (unpaired) electrons. The van der Waals surface area contributed by atoms with Gasteiger partial charge in [0.05, 0.1) is 6.54 Å². The van der Waals surface area contributed by atoms with Gasteiger partial charge >= 0.3 is 0 Å². The fourth-order valence-corrected chi connectivity index (χ4v) is 1.93. The summed E-state index contributed by atoms with van der Waals surface area (Å²) in [4.78, 5) is 15.9. The van der Waals surface area contributed by atoms with Crippen LogP contribution in [0.25, 0.3) is 11.4 Å². The Kier molecular flexibility index (Phi) is 4.81. The molecule has 6 nitrogen and oxygen atoms in total. The maximum Gasteiger partial charge on any atom is 0.258 e. The lowest BCUT2D eigenvalue weighted by Crippen LogP contribution is -2.28. The molecule has 1 N–H and O–H groups in total. The van der Waals surface area contributed by atoms with Gasteiger partial charge in [0, 0.05) is 5.56 Å². The minimum absolute atomic E-state index is 0.0885. The summed E-state index contributed by atoms with van der Waals surface area (Å²) < 4.78 is 23.3. The number of nitrogens with zero attached hydrogens (tertiary/aromatic N) is 2. The van der Waals surface area contributed by atoms with Crippen LogP contribution in [0.3, 0.4) is 0 Å². The van der Waals surface area contributed by atoms with Crippen molar-refractivity contribution in [2.24, 2.45) is 0 Å². The molecule has 122 valence electrons. The molecule has 0 atom stereocenters. The number of benzene rings is 2. The lowest BCUT2D eigenvalue weighted by Gasteiger charge is -2.05. The molecule has 24 heavy (non-hydrogen) atoms. The highest BCUT2D eigenvalue weighted by molar-refractivity contribution is 5.77. The van der Waals surface area contributed by atoms with Gasteiger partial charge in [0.15, 0.2) is 6.61 Å². The summed E-state index contributed by atoms with van der Waals surface area (Å²) in [6.07, 6.45) is 0. The highest BCUT2D eigenvalue weighted by atomic mass is 19.1. The van der Waals surface area contributed by atoms with E-state index in [4.69, 9.17) is 9.26 Å². The molecule has 1 heterocycles. The van der Waals surface area contributed by atoms with Crippen molar-refractivity contribution in [3.63, 3.8) is 0 Å². The third-order valence-electron chi connectivity index (χ3n) is 3.12. The van der Waals surface area contributed by atoms with Crippen LogP contribution in [0.4, 0.5) is 4.39 Å². The van der Waals surface area contributed by atoms with E-state index in [2.05, 4.69) is 15.5 Å². The minimum Gasteiger partial charge on any atom is -0.484 e. The number of para-hydroxylation sites is 1. The van der Waals surface area contributed by atoms with E-state index in [0.717, 1.165) is 0 Å². The van der Waals surface area contributed by atoms with Gasteiger partial charge in [0.2, 0.25) is 11.7 Å². The molecule has 0 saturated carbocycles. The average molecular weight is 327 g/mol. The van der Waals surface area contributed by atoms with Crippen LogP contribution in [0.5, 0.6) is 5.75 Å². The average Bonchev–Trinajstić information content (AvgIpc) is 3.09. The lowest BCUT2D eigenvalue weighted by molar-refractivity contribution is -0.123. The molecule has 0 fully saturated rings. The number of aromatic nitrogens is 2. The van der Waals surface area contributed by atoms with Crippen LogP contribution in [-0.2, 0) is 11.3 Å². The molecule has 0 bridgehead atoms. The van der Waals surface area contributed by atoms with Gasteiger partial charge in [-0.3, -0.25) is 4.79 Å². The highest BCUT2D eigenvalue weighted by Crippen LogP contribution is 2.16. The Morgan fingerprint density at radius 2 is 1.88 bits per heavy atom. The number of nitrogens with one attached hydrogen (secondary N) is 1. The quantitative estimate of drug-likeness (QED) is 0.753. The molecule has 0 aliphatic heterocycles. The van der Waals surface area contributed by atoms with E-state index < -0.39 is 0 Å². The first-order valence-corrected chi connectivity index (χ1v) is 7.24. The van der Waals surface area contributed by atoms with Crippen molar-refractivity contribution in [1.29, 1.82) is 0 Å². The van der Waals surface area contributed by atoms with E-state index in [1.54, 1.807) is 24.3 Å². The first kappa shape index (κ1) is 15.7. The normalized spacial score (nSPS) is 10.4. The molecule has 0 saturated heterocycles. The monoisotopic (exact) mass is 327 g/mol. The molecule has 0 spiro atoms. The molecule has 0 aliphatic rings. The zero-order valence-corrected chi connectivity index (χ0v) is 12.6. The molecule has 0 unspecified atom stereocenters. The van der Waals surface area contributed by atoms with Crippen molar-refractivity contribution in [2.45, 2.75) is 6.54 Å². The Balaban J connectivity index is 1.50. The van der Waals surface area contributed by atoms with E-state index in [1.807, 2.05) is 18.2 Å². The Bertz CT molecular complexity index is 803. The van der Waals surface area contributed by atoms with Crippen LogP contribution in [0.15, 0.2) is 59.1 Å². The molecule has 7 heteroatoms. The smallest absolute Gasteiger partial charge is 0.258 e. The molecule has 1 amide bonds. The molecule has 3 rings (SSSR count). The van der Waals surface area contributed by atoms with Crippen LogP contribution in [0, 0.1) is 5.82 Å². The fourth-order valence-electron chi connectivity index (χ4n) is 1.93. The van der Waals surface area contributed by atoms with Crippen molar-refractivity contribution < 1.29 is 18.4 Å². The summed E-state index contributed by atoms with van der Waals surface area (Å²) in [7, 11) is 0. The number of halogens is 1. The maximum absolute atomic E-state index is 12.9. The molecular weight excluding hydrogens is 313 g/mol. The van der Waals surface area contributed by atoms with E-state index in [-0.39, 0.29) is 30.8 Å². The predicted octanol–water partition coefficient (Wildman–Crippen LogP) is 2.57. The number of carbonyl (C=O) groups excluding carboxylic acids is 1. The van der Waals surface area contributed by atoms with Crippen molar-refractivity contribution in [3.05, 3.63) is 66.3 Å². The second-order valence-corrected chi connectivity index (χ2v) is 4.90. The van der Waals surface area contributed by atoms with Crippen LogP contribution in [0.2, 0.25) is 0 Å². The zero-order chi connectivity index (χ0) is 16.8. The number of amides is 1. The Hall–Kier alpha value is -3.22. The summed E-state index contributed by atoms with van der Waals surface area (Å²) in [5.74, 6) is 0.555. The third kappa shape index (κ3) is 4.16. The van der Waals surface area contributed by atoms with Crippen LogP contribution >= 0.6 is 0 Å².